The molecule has 2 N–H and O–H groups in total. The third-order valence-electron chi connectivity index (χ3n) is 3.91. The van der Waals surface area contributed by atoms with Crippen LogP contribution in [0.2, 0.25) is 0 Å². The molecule has 130 valence electrons. The fourth-order valence-corrected chi connectivity index (χ4v) is 2.61. The molecule has 0 saturated heterocycles. The van der Waals surface area contributed by atoms with Gasteiger partial charge in [-0.05, 0) is 54.4 Å². The molecule has 0 unspecified atom stereocenters. The fourth-order valence-electron chi connectivity index (χ4n) is 2.61. The molecule has 0 aromatic heterocycles. The molecule has 2 aromatic rings. The van der Waals surface area contributed by atoms with Crippen LogP contribution in [0.5, 0.6) is 11.5 Å². The number of benzene rings is 2. The Morgan fingerprint density at radius 2 is 1.68 bits per heavy atom. The van der Waals surface area contributed by atoms with Crippen LogP contribution in [0.15, 0.2) is 36.4 Å². The molecule has 6 nitrogen and oxygen atoms in total. The monoisotopic (exact) mass is 340 g/mol. The number of anilines is 1. The quantitative estimate of drug-likeness (QED) is 0.897. The van der Waals surface area contributed by atoms with E-state index in [4.69, 9.17) is 9.47 Å². The summed E-state index contributed by atoms with van der Waals surface area (Å²) < 4.78 is 11.1. The van der Waals surface area contributed by atoms with E-state index >= 15 is 0 Å². The highest BCUT2D eigenvalue weighted by Crippen LogP contribution is 2.32. The molecule has 25 heavy (non-hydrogen) atoms. The molecule has 1 heterocycles. The van der Waals surface area contributed by atoms with Gasteiger partial charge in [0.05, 0.1) is 0 Å². The number of fused-ring (bicyclic) bond motifs is 1. The zero-order valence-electron chi connectivity index (χ0n) is 14.2. The lowest BCUT2D eigenvalue weighted by atomic mass is 10.1. The lowest BCUT2D eigenvalue weighted by Gasteiger charge is -2.20. The van der Waals surface area contributed by atoms with Gasteiger partial charge in [-0.1, -0.05) is 0 Å². The summed E-state index contributed by atoms with van der Waals surface area (Å²) in [5, 5.41) is 5.57. The molecule has 0 atom stereocenters. The maximum atomic E-state index is 12.3. The van der Waals surface area contributed by atoms with Crippen molar-refractivity contribution < 1.29 is 19.1 Å². The second-order valence-electron chi connectivity index (χ2n) is 5.86. The van der Waals surface area contributed by atoms with Crippen molar-refractivity contribution in [3.8, 4) is 11.5 Å². The Kier molecular flexibility index (Phi) is 4.88. The van der Waals surface area contributed by atoms with E-state index in [1.54, 1.807) is 24.3 Å². The van der Waals surface area contributed by atoms with Gasteiger partial charge in [-0.25, -0.2) is 0 Å². The first kappa shape index (κ1) is 16.8. The van der Waals surface area contributed by atoms with Gasteiger partial charge >= 0.3 is 0 Å². The van der Waals surface area contributed by atoms with E-state index in [1.165, 1.54) is 6.92 Å². The van der Waals surface area contributed by atoms with Crippen molar-refractivity contribution in [2.75, 3.05) is 18.5 Å². The number of carbonyl (C=O) groups is 2. The molecule has 2 amide bonds. The molecule has 3 rings (SSSR count). The lowest BCUT2D eigenvalue weighted by Crippen LogP contribution is -2.23. The van der Waals surface area contributed by atoms with Gasteiger partial charge in [0.15, 0.2) is 11.5 Å². The fraction of sp³-hybridized carbons (Fsp3) is 0.263. The molecule has 6 heteroatoms. The molecular formula is C19H20N2O4. The summed E-state index contributed by atoms with van der Waals surface area (Å²) in [4.78, 5) is 23.3. The van der Waals surface area contributed by atoms with Crippen LogP contribution in [0.25, 0.3) is 0 Å². The van der Waals surface area contributed by atoms with Crippen LogP contribution in [-0.2, 0) is 11.3 Å². The first-order valence-corrected chi connectivity index (χ1v) is 8.08. The van der Waals surface area contributed by atoms with Crippen molar-refractivity contribution in [1.82, 2.24) is 5.32 Å². The van der Waals surface area contributed by atoms with Crippen LogP contribution in [-0.4, -0.2) is 25.0 Å². The number of carbonyl (C=O) groups excluding carboxylic acids is 2. The first-order chi connectivity index (χ1) is 12.0. The number of hydrogen-bond donors (Lipinski definition) is 2. The Morgan fingerprint density at radius 3 is 2.32 bits per heavy atom. The predicted octanol–water partition coefficient (Wildman–Crippen LogP) is 2.65. The smallest absolute Gasteiger partial charge is 0.251 e. The standard InChI is InChI=1S/C19H20N2O4/c1-12-9-17-18(25-8-7-24-17)10-15(12)11-20-19(23)14-3-5-16(6-4-14)21-13(2)22/h3-6,9-10H,7-8,11H2,1-2H3,(H,20,23)(H,21,22). The first-order valence-electron chi connectivity index (χ1n) is 8.08. The Hall–Kier alpha value is -3.02. The van der Waals surface area contributed by atoms with E-state index in [0.29, 0.717) is 36.8 Å². The van der Waals surface area contributed by atoms with Gasteiger partial charge in [-0.15, -0.1) is 0 Å². The summed E-state index contributed by atoms with van der Waals surface area (Å²) in [5.41, 5.74) is 3.20. The van der Waals surface area contributed by atoms with E-state index in [0.717, 1.165) is 16.9 Å². The number of hydrogen-bond acceptors (Lipinski definition) is 4. The molecule has 1 aliphatic heterocycles. The molecule has 0 radical (unpaired) electrons. The van der Waals surface area contributed by atoms with Gasteiger partial charge in [0.25, 0.3) is 5.91 Å². The molecule has 0 aliphatic carbocycles. The highest BCUT2D eigenvalue weighted by molar-refractivity contribution is 5.95. The minimum atomic E-state index is -0.177. The Balaban J connectivity index is 1.65. The third-order valence-corrected chi connectivity index (χ3v) is 3.91. The largest absolute Gasteiger partial charge is 0.486 e. The summed E-state index contributed by atoms with van der Waals surface area (Å²) in [5.74, 6) is 1.13. The van der Waals surface area contributed by atoms with Crippen LogP contribution in [0.3, 0.4) is 0 Å². The highest BCUT2D eigenvalue weighted by Gasteiger charge is 2.15. The summed E-state index contributed by atoms with van der Waals surface area (Å²) in [7, 11) is 0. The average Bonchev–Trinajstić information content (AvgIpc) is 2.59. The van der Waals surface area contributed by atoms with Crippen LogP contribution in [0.1, 0.15) is 28.4 Å². The zero-order valence-corrected chi connectivity index (χ0v) is 14.2. The summed E-state index contributed by atoms with van der Waals surface area (Å²) in [6, 6.07) is 10.6. The minimum Gasteiger partial charge on any atom is -0.486 e. The molecule has 0 bridgehead atoms. The normalized spacial score (nSPS) is 12.4. The van der Waals surface area contributed by atoms with E-state index in [1.807, 2.05) is 19.1 Å². The van der Waals surface area contributed by atoms with Gasteiger partial charge in [0.2, 0.25) is 5.91 Å². The second-order valence-corrected chi connectivity index (χ2v) is 5.86. The van der Waals surface area contributed by atoms with Crippen molar-refractivity contribution >= 4 is 17.5 Å². The number of amides is 2. The Labute approximate surface area is 146 Å². The van der Waals surface area contributed by atoms with Crippen molar-refractivity contribution in [2.24, 2.45) is 0 Å². The minimum absolute atomic E-state index is 0.147. The molecule has 2 aromatic carbocycles. The van der Waals surface area contributed by atoms with Gasteiger partial charge < -0.3 is 20.1 Å². The van der Waals surface area contributed by atoms with Crippen LogP contribution < -0.4 is 20.1 Å². The van der Waals surface area contributed by atoms with Crippen molar-refractivity contribution in [1.29, 1.82) is 0 Å². The molecular weight excluding hydrogens is 320 g/mol. The van der Waals surface area contributed by atoms with Gasteiger partial charge in [0.1, 0.15) is 13.2 Å². The van der Waals surface area contributed by atoms with E-state index < -0.39 is 0 Å². The van der Waals surface area contributed by atoms with Crippen LogP contribution in [0.4, 0.5) is 5.69 Å². The van der Waals surface area contributed by atoms with Crippen molar-refractivity contribution in [3.63, 3.8) is 0 Å². The number of ether oxygens (including phenoxy) is 2. The Morgan fingerprint density at radius 1 is 1.04 bits per heavy atom. The topological polar surface area (TPSA) is 76.7 Å². The third kappa shape index (κ3) is 4.09. The summed E-state index contributed by atoms with van der Waals surface area (Å²) >= 11 is 0. The zero-order chi connectivity index (χ0) is 17.8. The number of aryl methyl sites for hydroxylation is 1. The molecule has 1 aliphatic rings. The SMILES string of the molecule is CC(=O)Nc1ccc(C(=O)NCc2cc3c(cc2C)OCCO3)cc1. The predicted molar refractivity (Wildman–Crippen MR) is 94.1 cm³/mol. The van der Waals surface area contributed by atoms with E-state index in [9.17, 15) is 9.59 Å². The highest BCUT2D eigenvalue weighted by atomic mass is 16.6. The number of rotatable bonds is 4. The lowest BCUT2D eigenvalue weighted by molar-refractivity contribution is -0.114. The second kappa shape index (κ2) is 7.25. The molecule has 0 saturated carbocycles. The Bertz CT molecular complexity index is 800. The molecule has 0 fully saturated rings. The molecule has 0 spiro atoms. The number of nitrogens with one attached hydrogen (secondary N) is 2. The maximum absolute atomic E-state index is 12.3. The maximum Gasteiger partial charge on any atom is 0.251 e. The van der Waals surface area contributed by atoms with Gasteiger partial charge in [-0.3, -0.25) is 9.59 Å². The van der Waals surface area contributed by atoms with Crippen LogP contribution in [0, 0.1) is 6.92 Å². The van der Waals surface area contributed by atoms with Crippen LogP contribution >= 0.6 is 0 Å². The van der Waals surface area contributed by atoms with E-state index in [2.05, 4.69) is 10.6 Å². The van der Waals surface area contributed by atoms with Gasteiger partial charge in [0, 0.05) is 24.7 Å². The summed E-state index contributed by atoms with van der Waals surface area (Å²) in [6.07, 6.45) is 0. The van der Waals surface area contributed by atoms with Crippen molar-refractivity contribution in [2.45, 2.75) is 20.4 Å². The van der Waals surface area contributed by atoms with Crippen molar-refractivity contribution in [3.05, 3.63) is 53.1 Å². The van der Waals surface area contributed by atoms with Gasteiger partial charge in [-0.2, -0.15) is 0 Å². The summed E-state index contributed by atoms with van der Waals surface area (Å²) in [6.45, 7) is 4.90. The van der Waals surface area contributed by atoms with E-state index in [-0.39, 0.29) is 11.8 Å². The average molecular weight is 340 g/mol.